The van der Waals surface area contributed by atoms with Crippen LogP contribution in [0.5, 0.6) is 0 Å². The summed E-state index contributed by atoms with van der Waals surface area (Å²) in [6.45, 7) is 64.4. The molecule has 20 aromatic rings. The molecule has 0 saturated heterocycles. The van der Waals surface area contributed by atoms with Crippen molar-refractivity contribution < 1.29 is 55.9 Å². The second kappa shape index (κ2) is 33.8. The molecule has 20 rings (SSSR count). The molecule has 15 heteroatoms. The Morgan fingerprint density at radius 3 is 1.08 bits per heavy atom. The third kappa shape index (κ3) is 15.2. The quantitative estimate of drug-likeness (QED) is 0.126. The molecule has 10 heterocycles. The minimum absolute atomic E-state index is 0.152. The molecule has 15 nitrogen and oxygen atoms in total. The van der Waals surface area contributed by atoms with Crippen molar-refractivity contribution in [1.82, 2.24) is 0 Å². The molecule has 128 heavy (non-hydrogen) atoms. The van der Waals surface area contributed by atoms with Gasteiger partial charge in [-0.1, -0.05) is 97.1 Å². The van der Waals surface area contributed by atoms with Crippen molar-refractivity contribution in [2.45, 2.75) is 124 Å². The predicted octanol–water partition coefficient (Wildman–Crippen LogP) is 28.7. The fraction of sp³-hybridized carbons (Fsp3) is 0.204. The molecule has 0 atom stereocenters. The van der Waals surface area contributed by atoms with Gasteiger partial charge in [0.05, 0.1) is 63.4 Å². The summed E-state index contributed by atoms with van der Waals surface area (Å²) in [5.41, 5.74) is 37.0. The van der Waals surface area contributed by atoms with Crippen LogP contribution in [0.15, 0.2) is 216 Å². The van der Waals surface area contributed by atoms with Crippen molar-refractivity contribution in [2.24, 2.45) is 35.2 Å². The van der Waals surface area contributed by atoms with Crippen LogP contribution in [0, 0.1) is 157 Å². The molecule has 0 aliphatic rings. The largest absolute Gasteiger partial charge is 0.456 e. The van der Waals surface area contributed by atoms with E-state index in [1.165, 1.54) is 22.9 Å². The highest BCUT2D eigenvalue weighted by Gasteiger charge is 2.30. The Labute approximate surface area is 757 Å². The molecule has 0 aliphatic heterocycles. The molecule has 0 fully saturated rings. The number of hydrogen-bond donors (Lipinski definition) is 0. The zero-order valence-corrected chi connectivity index (χ0v) is 75.8. The van der Waals surface area contributed by atoms with Crippen LogP contribution >= 0.6 is 0 Å². The zero-order valence-electron chi connectivity index (χ0n) is 83.8. The van der Waals surface area contributed by atoms with Crippen LogP contribution in [0.25, 0.3) is 190 Å². The SMILES string of the molecule is [2H]C([2H])([2H])c1cc(C)c(-c2cc(C)cc(C)[n+]2C)c2oc3cc([N+]#[C-])ccc3c12.[2H]C([2H])([2H])c1cc([N+]#[C-])cc2oc3c(-c4cc(C)cc(C)[n+]4C)c(C)ccc3c12.[2H]c1c[n+](C)c(-c2c(C)ccc3c2oc2c(C)c([N+]#[C-])ccc23)cc1C.[2H]c1c[n+](C)c(-c2c(C)ccc3c2oc2cc([N+]#[C-])c(C)cc23)cc1C.[C-]#[N+]c1cc2oc3c(-c4cc(C)cc(C)[n+]4C)c(C)ccc3c2cc1C. The Kier molecular flexibility index (Phi) is 20.1. The molecule has 0 aliphatic carbocycles. The average molecular weight is 1690 g/mol. The first kappa shape index (κ1) is 76.1. The zero-order chi connectivity index (χ0) is 97.9. The fourth-order valence-electron chi connectivity index (χ4n) is 17.9. The van der Waals surface area contributed by atoms with Gasteiger partial charge in [0.15, 0.2) is 57.9 Å². The minimum Gasteiger partial charge on any atom is -0.456 e. The number of pyridine rings is 5. The average Bonchev–Trinajstić information content (AvgIpc) is 1.57. The summed E-state index contributed by atoms with van der Waals surface area (Å²) in [5, 5.41) is 8.94. The molecule has 628 valence electrons. The summed E-state index contributed by atoms with van der Waals surface area (Å²) < 4.78 is 106. The van der Waals surface area contributed by atoms with Crippen molar-refractivity contribution in [2.75, 3.05) is 0 Å². The van der Waals surface area contributed by atoms with E-state index in [1.807, 2.05) is 167 Å². The first-order valence-electron chi connectivity index (χ1n) is 46.1. The van der Waals surface area contributed by atoms with Gasteiger partial charge >= 0.3 is 0 Å². The standard InChI is InChI=1S/3C23H21N2O.2C22H19N2O/c1-13-9-16(4)25(6)19(10-13)22-15(3)11-14(2)21-18-8-7-17(24-5)12-20(18)26-23(21)22;1-13-9-16(4)25(6)19(10-13)22-14(2)7-8-18-21-15(3)11-17(24-5)12-20(21)26-23(18)22;1-13-9-16(4)25(6)20(10-13)22-14(2)7-8-17-18-11-15(3)19(24-5)12-21(18)26-23(17)22;1-13-8-9-24(5)19(10-13)21-14(2)6-7-16-17-11-15(3)18(23-4)12-20(17)25-22(16)21;1-13-10-11-24(5)19(12-13)20-14(2)6-7-17-16-8-9-18(23-4)15(3)21(16)25-22(17)20/h3*7-12H,1-4,6H3;2*6-12H,1-3,5H3/q5*+1/i2D3;3D3;;8D;10D. The first-order valence-corrected chi connectivity index (χ1v) is 42.1. The van der Waals surface area contributed by atoms with Crippen LogP contribution in [-0.2, 0) is 35.2 Å². The number of benzene rings is 10. The van der Waals surface area contributed by atoms with E-state index in [-0.39, 0.29) is 16.8 Å². The van der Waals surface area contributed by atoms with Crippen molar-refractivity contribution in [3.05, 3.63) is 352 Å². The topological polar surface area (TPSA) is 107 Å². The maximum absolute atomic E-state index is 8.07. The van der Waals surface area contributed by atoms with Crippen LogP contribution in [-0.4, -0.2) is 0 Å². The van der Waals surface area contributed by atoms with Crippen LogP contribution in [0.2, 0.25) is 0 Å². The van der Waals surface area contributed by atoms with Crippen molar-refractivity contribution in [3.63, 3.8) is 0 Å². The number of nitrogens with zero attached hydrogens (tertiary/aromatic N) is 10. The number of hydrogen-bond acceptors (Lipinski definition) is 5. The van der Waals surface area contributed by atoms with Gasteiger partial charge in [0.25, 0.3) is 0 Å². The van der Waals surface area contributed by atoms with Gasteiger partial charge < -0.3 is 22.1 Å². The Bertz CT molecular complexity index is 8740. The van der Waals surface area contributed by atoms with E-state index in [9.17, 15) is 0 Å². The van der Waals surface area contributed by atoms with Crippen LogP contribution in [0.3, 0.4) is 0 Å². The molecule has 0 radical (unpaired) electrons. The summed E-state index contributed by atoms with van der Waals surface area (Å²) >= 11 is 0. The molecule has 10 aromatic heterocycles. The van der Waals surface area contributed by atoms with Crippen LogP contribution < -0.4 is 22.8 Å². The maximum Gasteiger partial charge on any atom is 0.216 e. The summed E-state index contributed by atoms with van der Waals surface area (Å²) in [6, 6.07) is 56.1. The van der Waals surface area contributed by atoms with Crippen LogP contribution in [0.4, 0.5) is 28.4 Å². The van der Waals surface area contributed by atoms with Crippen molar-refractivity contribution in [3.8, 4) is 56.3 Å². The Balaban J connectivity index is 0.000000123. The lowest BCUT2D eigenvalue weighted by atomic mass is 9.96. The van der Waals surface area contributed by atoms with E-state index in [0.29, 0.717) is 73.3 Å². The summed E-state index contributed by atoms with van der Waals surface area (Å²) in [4.78, 5) is 17.7. The molecule has 0 saturated carbocycles. The molecular formula is C113H101N10O5+5. The van der Waals surface area contributed by atoms with Gasteiger partial charge in [-0.15, -0.1) is 0 Å². The first-order chi connectivity index (χ1) is 64.4. The lowest BCUT2D eigenvalue weighted by Crippen LogP contribution is -2.35. The summed E-state index contributed by atoms with van der Waals surface area (Å²) in [6.07, 6.45) is 3.65. The highest BCUT2D eigenvalue weighted by molar-refractivity contribution is 6.16. The minimum atomic E-state index is -2.34. The Morgan fingerprint density at radius 2 is 0.625 bits per heavy atom. The van der Waals surface area contributed by atoms with E-state index < -0.39 is 13.7 Å². The number of aromatic nitrogens is 5. The number of fused-ring (bicyclic) bond motifs is 15. The molecular weight excluding hydrogens is 1580 g/mol. The summed E-state index contributed by atoms with van der Waals surface area (Å²) in [5.74, 6) is 0. The van der Waals surface area contributed by atoms with E-state index in [0.717, 1.165) is 200 Å². The lowest BCUT2D eigenvalue weighted by molar-refractivity contribution is -0.666. The normalized spacial score (nSPS) is 12.3. The molecule has 0 N–H and O–H groups in total. The number of furan rings is 5. The third-order valence-corrected chi connectivity index (χ3v) is 24.8. The van der Waals surface area contributed by atoms with E-state index in [4.69, 9.17) is 65.9 Å². The van der Waals surface area contributed by atoms with E-state index in [2.05, 4.69) is 172 Å². The molecule has 10 aromatic carbocycles. The molecule has 0 spiro atoms. The number of rotatable bonds is 5. The Hall–Kier alpha value is -15.6. The predicted molar refractivity (Wildman–Crippen MR) is 518 cm³/mol. The monoisotopic (exact) mass is 1690 g/mol. The van der Waals surface area contributed by atoms with Crippen LogP contribution in [0.1, 0.15) is 111 Å². The molecule has 0 bridgehead atoms. The lowest BCUT2D eigenvalue weighted by Gasteiger charge is -2.09. The summed E-state index contributed by atoms with van der Waals surface area (Å²) in [7, 11) is 10.0. The Morgan fingerprint density at radius 1 is 0.266 bits per heavy atom. The van der Waals surface area contributed by atoms with Gasteiger partial charge in [-0.05, 0) is 211 Å². The van der Waals surface area contributed by atoms with Gasteiger partial charge in [0.2, 0.25) is 28.5 Å². The fourth-order valence-corrected chi connectivity index (χ4v) is 17.9. The second-order valence-corrected chi connectivity index (χ2v) is 33.9. The smallest absolute Gasteiger partial charge is 0.216 e. The number of aryl methyl sites for hydroxylation is 20. The third-order valence-electron chi connectivity index (χ3n) is 24.8. The van der Waals surface area contributed by atoms with Gasteiger partial charge in [-0.25, -0.2) is 33.4 Å². The highest BCUT2D eigenvalue weighted by Crippen LogP contribution is 2.47. The molecule has 0 amide bonds. The maximum atomic E-state index is 8.07. The molecule has 0 unspecified atom stereocenters. The van der Waals surface area contributed by atoms with E-state index in [1.54, 1.807) is 30.3 Å². The van der Waals surface area contributed by atoms with Crippen molar-refractivity contribution in [1.29, 1.82) is 0 Å². The second-order valence-electron chi connectivity index (χ2n) is 33.9. The van der Waals surface area contributed by atoms with E-state index >= 15 is 0 Å². The highest BCUT2D eigenvalue weighted by atomic mass is 16.3. The van der Waals surface area contributed by atoms with Gasteiger partial charge in [0, 0.05) is 143 Å². The van der Waals surface area contributed by atoms with Gasteiger partial charge in [-0.3, -0.25) is 0 Å². The van der Waals surface area contributed by atoms with Gasteiger partial charge in [-0.2, -0.15) is 13.7 Å². The van der Waals surface area contributed by atoms with Gasteiger partial charge in [0.1, 0.15) is 91.1 Å². The van der Waals surface area contributed by atoms with Crippen molar-refractivity contribution >= 4 is 138 Å².